The van der Waals surface area contributed by atoms with Crippen molar-refractivity contribution in [2.45, 2.75) is 13.1 Å². The van der Waals surface area contributed by atoms with Crippen LogP contribution in [0.15, 0.2) is 41.3 Å². The van der Waals surface area contributed by atoms with Crippen LogP contribution < -0.4 is 16.9 Å². The summed E-state index contributed by atoms with van der Waals surface area (Å²) in [6.07, 6.45) is 0.886. The second-order valence-electron chi connectivity index (χ2n) is 4.15. The van der Waals surface area contributed by atoms with Crippen LogP contribution in [0.4, 0.5) is 0 Å². The normalized spacial score (nSPS) is 10.9. The molecule has 5 heteroatoms. The summed E-state index contributed by atoms with van der Waals surface area (Å²) in [6.45, 7) is 1.80. The third-order valence-electron chi connectivity index (χ3n) is 2.78. The van der Waals surface area contributed by atoms with Crippen molar-refractivity contribution in [3.63, 3.8) is 0 Å². The van der Waals surface area contributed by atoms with Gasteiger partial charge < -0.3 is 21.1 Å². The number of benzene rings is 1. The molecule has 1 aromatic carbocycles. The van der Waals surface area contributed by atoms with Crippen molar-refractivity contribution in [3.8, 4) is 11.4 Å². The van der Waals surface area contributed by atoms with Crippen LogP contribution in [-0.2, 0) is 0 Å². The van der Waals surface area contributed by atoms with Crippen molar-refractivity contribution in [2.24, 2.45) is 11.5 Å². The molecule has 18 heavy (non-hydrogen) atoms. The molecule has 0 fully saturated rings. The van der Waals surface area contributed by atoms with Gasteiger partial charge in [-0.1, -0.05) is 12.1 Å². The lowest BCUT2D eigenvalue weighted by Gasteiger charge is -2.12. The number of pyridine rings is 1. The van der Waals surface area contributed by atoms with Crippen LogP contribution in [0.2, 0.25) is 0 Å². The van der Waals surface area contributed by atoms with E-state index in [-0.39, 0.29) is 11.2 Å². The SMILES string of the molecule is Cc1cc(=O)c(O)cn1-c1ccc(C(N)N)cc1. The van der Waals surface area contributed by atoms with E-state index in [9.17, 15) is 9.90 Å². The van der Waals surface area contributed by atoms with Gasteiger partial charge in [0.25, 0.3) is 0 Å². The van der Waals surface area contributed by atoms with E-state index in [2.05, 4.69) is 0 Å². The van der Waals surface area contributed by atoms with Gasteiger partial charge in [0.2, 0.25) is 5.43 Å². The Hall–Kier alpha value is -2.11. The average Bonchev–Trinajstić information content (AvgIpc) is 2.34. The fourth-order valence-electron chi connectivity index (χ4n) is 1.76. The minimum absolute atomic E-state index is 0.278. The molecule has 0 aliphatic heterocycles. The topological polar surface area (TPSA) is 94.3 Å². The standard InChI is InChI=1S/C13H15N3O2/c1-8-6-11(17)12(18)7-16(8)10-4-2-9(3-5-10)13(14)15/h2-7,13,18H,14-15H2,1H3. The first-order valence-corrected chi connectivity index (χ1v) is 5.53. The maximum atomic E-state index is 11.3. The molecule has 0 aliphatic rings. The molecule has 0 atom stereocenters. The van der Waals surface area contributed by atoms with E-state index >= 15 is 0 Å². The van der Waals surface area contributed by atoms with E-state index in [0.29, 0.717) is 0 Å². The van der Waals surface area contributed by atoms with Crippen molar-refractivity contribution in [3.05, 3.63) is 58.0 Å². The Balaban J connectivity index is 2.49. The number of rotatable bonds is 2. The molecular formula is C13H15N3O2. The summed E-state index contributed by atoms with van der Waals surface area (Å²) in [4.78, 5) is 11.3. The Labute approximate surface area is 104 Å². The number of aromatic nitrogens is 1. The molecule has 0 amide bonds. The van der Waals surface area contributed by atoms with E-state index in [1.807, 2.05) is 24.3 Å². The number of hydrogen-bond acceptors (Lipinski definition) is 4. The molecule has 0 bridgehead atoms. The Morgan fingerprint density at radius 3 is 2.39 bits per heavy atom. The van der Waals surface area contributed by atoms with E-state index in [0.717, 1.165) is 16.9 Å². The van der Waals surface area contributed by atoms with Crippen LogP contribution >= 0.6 is 0 Å². The first-order valence-electron chi connectivity index (χ1n) is 5.53. The highest BCUT2D eigenvalue weighted by molar-refractivity contribution is 5.39. The minimum Gasteiger partial charge on any atom is -0.503 e. The highest BCUT2D eigenvalue weighted by Gasteiger charge is 2.05. The Kier molecular flexibility index (Phi) is 3.18. The molecule has 94 valence electrons. The van der Waals surface area contributed by atoms with Gasteiger partial charge >= 0.3 is 0 Å². The number of nitrogens with two attached hydrogens (primary N) is 2. The van der Waals surface area contributed by atoms with Crippen LogP contribution in [0.1, 0.15) is 17.4 Å². The quantitative estimate of drug-likeness (QED) is 0.681. The Bertz CT molecular complexity index is 615. The third-order valence-corrected chi connectivity index (χ3v) is 2.78. The molecule has 0 radical (unpaired) electrons. The van der Waals surface area contributed by atoms with Gasteiger partial charge in [-0.05, 0) is 24.6 Å². The summed E-state index contributed by atoms with van der Waals surface area (Å²) >= 11 is 0. The van der Waals surface area contributed by atoms with Crippen molar-refractivity contribution < 1.29 is 5.11 Å². The summed E-state index contributed by atoms with van der Waals surface area (Å²) in [5, 5.41) is 9.46. The summed E-state index contributed by atoms with van der Waals surface area (Å²) in [5.41, 5.74) is 13.1. The number of nitrogens with zero attached hydrogens (tertiary/aromatic N) is 1. The minimum atomic E-state index is -0.512. The van der Waals surface area contributed by atoms with Crippen LogP contribution in [0, 0.1) is 6.92 Å². The van der Waals surface area contributed by atoms with Gasteiger partial charge in [0, 0.05) is 17.4 Å². The average molecular weight is 245 g/mol. The van der Waals surface area contributed by atoms with Gasteiger partial charge in [-0.15, -0.1) is 0 Å². The van der Waals surface area contributed by atoms with Gasteiger partial charge in [-0.2, -0.15) is 0 Å². The van der Waals surface area contributed by atoms with Crippen LogP contribution in [0.5, 0.6) is 5.75 Å². The predicted octanol–water partition coefficient (Wildman–Crippen LogP) is 0.768. The van der Waals surface area contributed by atoms with Crippen molar-refractivity contribution >= 4 is 0 Å². The molecule has 2 rings (SSSR count). The van der Waals surface area contributed by atoms with Gasteiger partial charge in [-0.3, -0.25) is 4.79 Å². The second-order valence-corrected chi connectivity index (χ2v) is 4.15. The predicted molar refractivity (Wildman–Crippen MR) is 69.6 cm³/mol. The van der Waals surface area contributed by atoms with Gasteiger partial charge in [0.15, 0.2) is 5.75 Å². The van der Waals surface area contributed by atoms with E-state index < -0.39 is 6.17 Å². The molecule has 0 unspecified atom stereocenters. The molecule has 1 aromatic heterocycles. The second kappa shape index (κ2) is 4.64. The van der Waals surface area contributed by atoms with Crippen molar-refractivity contribution in [2.75, 3.05) is 0 Å². The summed E-state index contributed by atoms with van der Waals surface area (Å²) in [7, 11) is 0. The highest BCUT2D eigenvalue weighted by Crippen LogP contribution is 2.15. The fourth-order valence-corrected chi connectivity index (χ4v) is 1.76. The molecule has 5 nitrogen and oxygen atoms in total. The van der Waals surface area contributed by atoms with Gasteiger partial charge in [0.1, 0.15) is 0 Å². The number of aryl methyl sites for hydroxylation is 1. The van der Waals surface area contributed by atoms with E-state index in [1.54, 1.807) is 11.5 Å². The van der Waals surface area contributed by atoms with Gasteiger partial charge in [-0.25, -0.2) is 0 Å². The van der Waals surface area contributed by atoms with Crippen LogP contribution in [-0.4, -0.2) is 9.67 Å². The lowest BCUT2D eigenvalue weighted by atomic mass is 10.1. The monoisotopic (exact) mass is 245 g/mol. The zero-order valence-corrected chi connectivity index (χ0v) is 10.00. The largest absolute Gasteiger partial charge is 0.503 e. The van der Waals surface area contributed by atoms with Crippen LogP contribution in [0.3, 0.4) is 0 Å². The molecule has 0 saturated carbocycles. The molecule has 2 aromatic rings. The lowest BCUT2D eigenvalue weighted by Crippen LogP contribution is -2.19. The number of hydrogen-bond donors (Lipinski definition) is 3. The first-order chi connectivity index (χ1) is 8.49. The zero-order chi connectivity index (χ0) is 13.3. The maximum Gasteiger partial charge on any atom is 0.223 e. The maximum absolute atomic E-state index is 11.3. The zero-order valence-electron chi connectivity index (χ0n) is 10.00. The van der Waals surface area contributed by atoms with Crippen molar-refractivity contribution in [1.82, 2.24) is 4.57 Å². The fraction of sp³-hybridized carbons (Fsp3) is 0.154. The molecule has 1 heterocycles. The van der Waals surface area contributed by atoms with Gasteiger partial charge in [0.05, 0.1) is 12.4 Å². The molecule has 0 aliphatic carbocycles. The smallest absolute Gasteiger partial charge is 0.223 e. The number of aromatic hydroxyl groups is 1. The van der Waals surface area contributed by atoms with E-state index in [1.165, 1.54) is 12.3 Å². The van der Waals surface area contributed by atoms with Crippen LogP contribution in [0.25, 0.3) is 5.69 Å². The Morgan fingerprint density at radius 2 is 1.83 bits per heavy atom. The molecular weight excluding hydrogens is 230 g/mol. The highest BCUT2D eigenvalue weighted by atomic mass is 16.3. The molecule has 0 spiro atoms. The molecule has 5 N–H and O–H groups in total. The lowest BCUT2D eigenvalue weighted by molar-refractivity contribution is 0.465. The first kappa shape index (κ1) is 12.3. The summed E-state index contributed by atoms with van der Waals surface area (Å²) in [6, 6.07) is 8.68. The summed E-state index contributed by atoms with van der Waals surface area (Å²) in [5.74, 6) is -0.278. The van der Waals surface area contributed by atoms with E-state index in [4.69, 9.17) is 11.5 Å². The van der Waals surface area contributed by atoms with Crippen molar-refractivity contribution in [1.29, 1.82) is 0 Å². The molecule has 0 saturated heterocycles. The Morgan fingerprint density at radius 1 is 1.22 bits per heavy atom. The summed E-state index contributed by atoms with van der Waals surface area (Å²) < 4.78 is 1.72. The third kappa shape index (κ3) is 2.27.